The molecule has 4 heteroatoms. The maximum Gasteiger partial charge on any atom is 0.132 e. The molecule has 3 nitrogen and oxygen atoms in total. The van der Waals surface area contributed by atoms with Crippen LogP contribution < -0.4 is 4.90 Å². The molecule has 0 aliphatic heterocycles. The van der Waals surface area contributed by atoms with Crippen molar-refractivity contribution in [3.63, 3.8) is 0 Å². The Hall–Kier alpha value is -0.640. The standard InChI is InChI=1S/C9H14BrN3/c1-3-4-5-13(2)9-6-8(10)11-7-12-9/h6-7H,3-5H2,1-2H3. The van der Waals surface area contributed by atoms with E-state index in [1.807, 2.05) is 13.1 Å². The quantitative estimate of drug-likeness (QED) is 0.762. The zero-order chi connectivity index (χ0) is 9.68. The molecular weight excluding hydrogens is 230 g/mol. The highest BCUT2D eigenvalue weighted by molar-refractivity contribution is 9.10. The molecule has 0 bridgehead atoms. The zero-order valence-electron chi connectivity index (χ0n) is 8.00. The number of unbranched alkanes of at least 4 members (excludes halogenated alkanes) is 1. The van der Waals surface area contributed by atoms with Crippen molar-refractivity contribution in [1.29, 1.82) is 0 Å². The SMILES string of the molecule is CCCCN(C)c1cc(Br)ncn1. The lowest BCUT2D eigenvalue weighted by Gasteiger charge is -2.17. The van der Waals surface area contributed by atoms with Gasteiger partial charge >= 0.3 is 0 Å². The third-order valence-corrected chi connectivity index (χ3v) is 2.29. The highest BCUT2D eigenvalue weighted by Gasteiger charge is 2.01. The van der Waals surface area contributed by atoms with Gasteiger partial charge in [-0.15, -0.1) is 0 Å². The van der Waals surface area contributed by atoms with E-state index >= 15 is 0 Å². The second kappa shape index (κ2) is 5.17. The van der Waals surface area contributed by atoms with Crippen molar-refractivity contribution in [1.82, 2.24) is 9.97 Å². The van der Waals surface area contributed by atoms with Gasteiger partial charge in [0.05, 0.1) is 0 Å². The normalized spacial score (nSPS) is 10.1. The lowest BCUT2D eigenvalue weighted by Crippen LogP contribution is -2.19. The van der Waals surface area contributed by atoms with Crippen LogP contribution in [0.15, 0.2) is 17.0 Å². The molecule has 1 aromatic rings. The molecular formula is C9H14BrN3. The molecule has 0 fully saturated rings. The van der Waals surface area contributed by atoms with Crippen molar-refractivity contribution in [2.24, 2.45) is 0 Å². The Labute approximate surface area is 87.3 Å². The van der Waals surface area contributed by atoms with Crippen molar-refractivity contribution in [3.05, 3.63) is 17.0 Å². The Kier molecular flexibility index (Phi) is 4.15. The van der Waals surface area contributed by atoms with Gasteiger partial charge < -0.3 is 4.90 Å². The molecule has 0 unspecified atom stereocenters. The van der Waals surface area contributed by atoms with Crippen LogP contribution in [0.25, 0.3) is 0 Å². The largest absolute Gasteiger partial charge is 0.360 e. The first-order valence-electron chi connectivity index (χ1n) is 4.42. The van der Waals surface area contributed by atoms with Gasteiger partial charge in [-0.05, 0) is 22.4 Å². The van der Waals surface area contributed by atoms with Gasteiger partial charge in [0, 0.05) is 19.7 Å². The Balaban J connectivity index is 2.60. The highest BCUT2D eigenvalue weighted by Crippen LogP contribution is 2.13. The van der Waals surface area contributed by atoms with E-state index in [2.05, 4.69) is 37.7 Å². The van der Waals surface area contributed by atoms with Gasteiger partial charge in [0.1, 0.15) is 16.7 Å². The molecule has 0 atom stereocenters. The molecule has 0 spiro atoms. The van der Waals surface area contributed by atoms with Crippen molar-refractivity contribution in [3.8, 4) is 0 Å². The Morgan fingerprint density at radius 1 is 1.46 bits per heavy atom. The van der Waals surface area contributed by atoms with Crippen LogP contribution in [0.3, 0.4) is 0 Å². The van der Waals surface area contributed by atoms with Crippen molar-refractivity contribution in [2.45, 2.75) is 19.8 Å². The number of hydrogen-bond acceptors (Lipinski definition) is 3. The third kappa shape index (κ3) is 3.30. The molecule has 0 saturated carbocycles. The minimum absolute atomic E-state index is 0.834. The van der Waals surface area contributed by atoms with E-state index < -0.39 is 0 Å². The van der Waals surface area contributed by atoms with Crippen LogP contribution in [0.2, 0.25) is 0 Å². The van der Waals surface area contributed by atoms with E-state index in [0.29, 0.717) is 0 Å². The van der Waals surface area contributed by atoms with Gasteiger partial charge in [0.15, 0.2) is 0 Å². The monoisotopic (exact) mass is 243 g/mol. The van der Waals surface area contributed by atoms with Gasteiger partial charge in [-0.1, -0.05) is 13.3 Å². The smallest absolute Gasteiger partial charge is 0.132 e. The predicted octanol–water partition coefficient (Wildman–Crippen LogP) is 2.48. The fourth-order valence-corrected chi connectivity index (χ4v) is 1.34. The molecule has 13 heavy (non-hydrogen) atoms. The summed E-state index contributed by atoms with van der Waals surface area (Å²) < 4.78 is 0.834. The summed E-state index contributed by atoms with van der Waals surface area (Å²) >= 11 is 3.32. The van der Waals surface area contributed by atoms with Crippen LogP contribution in [-0.4, -0.2) is 23.6 Å². The molecule has 0 amide bonds. The first-order chi connectivity index (χ1) is 6.24. The van der Waals surface area contributed by atoms with Crippen molar-refractivity contribution in [2.75, 3.05) is 18.5 Å². The summed E-state index contributed by atoms with van der Waals surface area (Å²) in [5, 5.41) is 0. The topological polar surface area (TPSA) is 29.0 Å². The molecule has 0 aliphatic rings. The van der Waals surface area contributed by atoms with Crippen LogP contribution in [0.4, 0.5) is 5.82 Å². The summed E-state index contributed by atoms with van der Waals surface area (Å²) in [6, 6.07) is 1.93. The molecule has 0 saturated heterocycles. The van der Waals surface area contributed by atoms with E-state index in [-0.39, 0.29) is 0 Å². The molecule has 0 aliphatic carbocycles. The first kappa shape index (κ1) is 10.4. The minimum atomic E-state index is 0.834. The van der Waals surface area contributed by atoms with Crippen molar-refractivity contribution >= 4 is 21.7 Å². The molecule has 72 valence electrons. The maximum absolute atomic E-state index is 4.18. The molecule has 1 aromatic heterocycles. The van der Waals surface area contributed by atoms with Gasteiger partial charge in [0.25, 0.3) is 0 Å². The average molecular weight is 244 g/mol. The number of halogens is 1. The Morgan fingerprint density at radius 2 is 2.23 bits per heavy atom. The van der Waals surface area contributed by atoms with Gasteiger partial charge in [-0.25, -0.2) is 9.97 Å². The maximum atomic E-state index is 4.18. The Morgan fingerprint density at radius 3 is 2.85 bits per heavy atom. The number of hydrogen-bond donors (Lipinski definition) is 0. The van der Waals surface area contributed by atoms with E-state index in [1.165, 1.54) is 12.8 Å². The summed E-state index contributed by atoms with van der Waals surface area (Å²) in [6.07, 6.45) is 3.97. The summed E-state index contributed by atoms with van der Waals surface area (Å²) in [7, 11) is 2.05. The summed E-state index contributed by atoms with van der Waals surface area (Å²) in [6.45, 7) is 3.23. The summed E-state index contributed by atoms with van der Waals surface area (Å²) in [5.41, 5.74) is 0. The lowest BCUT2D eigenvalue weighted by atomic mass is 10.3. The second-order valence-electron chi connectivity index (χ2n) is 2.97. The number of anilines is 1. The summed E-state index contributed by atoms with van der Waals surface area (Å²) in [4.78, 5) is 10.3. The molecule has 0 N–H and O–H groups in total. The van der Waals surface area contributed by atoms with Crippen LogP contribution >= 0.6 is 15.9 Å². The van der Waals surface area contributed by atoms with Crippen LogP contribution in [-0.2, 0) is 0 Å². The molecule has 0 radical (unpaired) electrons. The fraction of sp³-hybridized carbons (Fsp3) is 0.556. The summed E-state index contributed by atoms with van der Waals surface area (Å²) in [5.74, 6) is 0.968. The van der Waals surface area contributed by atoms with Crippen LogP contribution in [0.1, 0.15) is 19.8 Å². The second-order valence-corrected chi connectivity index (χ2v) is 3.79. The van der Waals surface area contributed by atoms with E-state index in [9.17, 15) is 0 Å². The Bertz CT molecular complexity index is 265. The van der Waals surface area contributed by atoms with Gasteiger partial charge in [0.2, 0.25) is 0 Å². The van der Waals surface area contributed by atoms with Crippen LogP contribution in [0.5, 0.6) is 0 Å². The predicted molar refractivity (Wildman–Crippen MR) is 57.9 cm³/mol. The van der Waals surface area contributed by atoms with Crippen molar-refractivity contribution < 1.29 is 0 Å². The first-order valence-corrected chi connectivity index (χ1v) is 5.22. The number of rotatable bonds is 4. The molecule has 0 aromatic carbocycles. The number of aromatic nitrogens is 2. The lowest BCUT2D eigenvalue weighted by molar-refractivity contribution is 0.758. The van der Waals surface area contributed by atoms with Gasteiger partial charge in [-0.3, -0.25) is 0 Å². The van der Waals surface area contributed by atoms with E-state index in [0.717, 1.165) is 17.0 Å². The van der Waals surface area contributed by atoms with Gasteiger partial charge in [-0.2, -0.15) is 0 Å². The zero-order valence-corrected chi connectivity index (χ0v) is 9.58. The van der Waals surface area contributed by atoms with E-state index in [4.69, 9.17) is 0 Å². The minimum Gasteiger partial charge on any atom is -0.360 e. The molecule has 1 rings (SSSR count). The third-order valence-electron chi connectivity index (χ3n) is 1.86. The fourth-order valence-electron chi connectivity index (χ4n) is 1.04. The van der Waals surface area contributed by atoms with Crippen LogP contribution in [0, 0.1) is 0 Å². The average Bonchev–Trinajstić information content (AvgIpc) is 2.14. The van der Waals surface area contributed by atoms with E-state index in [1.54, 1.807) is 6.33 Å². The highest BCUT2D eigenvalue weighted by atomic mass is 79.9. The molecule has 1 heterocycles. The number of nitrogens with zero attached hydrogens (tertiary/aromatic N) is 3.